The molecule has 0 bridgehead atoms. The highest BCUT2D eigenvalue weighted by atomic mass is 79.9. The lowest BCUT2D eigenvalue weighted by Gasteiger charge is -2.07. The van der Waals surface area contributed by atoms with Crippen LogP contribution in [0.5, 0.6) is 0 Å². The zero-order valence-corrected chi connectivity index (χ0v) is 12.5. The van der Waals surface area contributed by atoms with Crippen molar-refractivity contribution in [2.24, 2.45) is 0 Å². The minimum Gasteiger partial charge on any atom is -0.226 e. The first-order valence-corrected chi connectivity index (χ1v) is 7.93. The number of hydrogen-bond donors (Lipinski definition) is 0. The molecule has 0 N–H and O–H groups in total. The van der Waals surface area contributed by atoms with Gasteiger partial charge in [-0.1, -0.05) is 50.1 Å². The summed E-state index contributed by atoms with van der Waals surface area (Å²) in [4.78, 5) is 0. The predicted octanol–water partition coefficient (Wildman–Crippen LogP) is 3.29. The van der Waals surface area contributed by atoms with Crippen LogP contribution in [0.25, 0.3) is 0 Å². The van der Waals surface area contributed by atoms with Crippen molar-refractivity contribution in [3.63, 3.8) is 0 Å². The summed E-state index contributed by atoms with van der Waals surface area (Å²) in [6, 6.07) is 5.70. The molecule has 15 heavy (non-hydrogen) atoms. The monoisotopic (exact) mass is 354 g/mol. The number of alkyl halides is 2. The highest BCUT2D eigenvalue weighted by molar-refractivity contribution is 9.27. The second kappa shape index (κ2) is 4.97. The summed E-state index contributed by atoms with van der Waals surface area (Å²) in [5.74, 6) is 0.0509. The third-order valence-electron chi connectivity index (χ3n) is 2.21. The SMILES string of the molecule is Cc1ccc(CS(=O)(=O)C(Br)Br)cc1C. The molecule has 0 atom stereocenters. The summed E-state index contributed by atoms with van der Waals surface area (Å²) in [6.07, 6.45) is 0. The van der Waals surface area contributed by atoms with Gasteiger partial charge in [-0.2, -0.15) is 0 Å². The molecular formula is C10H12Br2O2S. The second-order valence-corrected chi connectivity index (χ2v) is 9.84. The van der Waals surface area contributed by atoms with Crippen molar-refractivity contribution >= 4 is 41.7 Å². The van der Waals surface area contributed by atoms with E-state index in [1.54, 1.807) is 0 Å². The van der Waals surface area contributed by atoms with Crippen molar-refractivity contribution in [1.29, 1.82) is 0 Å². The molecule has 0 radical (unpaired) electrons. The van der Waals surface area contributed by atoms with Crippen molar-refractivity contribution in [3.8, 4) is 0 Å². The maximum Gasteiger partial charge on any atom is 0.177 e. The van der Waals surface area contributed by atoms with Crippen LogP contribution in [0.1, 0.15) is 16.7 Å². The van der Waals surface area contributed by atoms with E-state index in [0.717, 1.165) is 11.1 Å². The topological polar surface area (TPSA) is 34.1 Å². The maximum absolute atomic E-state index is 11.6. The fourth-order valence-corrected chi connectivity index (χ4v) is 2.75. The minimum absolute atomic E-state index is 0.0509. The largest absolute Gasteiger partial charge is 0.226 e. The molecule has 1 aromatic rings. The molecule has 0 heterocycles. The van der Waals surface area contributed by atoms with Gasteiger partial charge in [-0.25, -0.2) is 8.42 Å². The zero-order valence-electron chi connectivity index (χ0n) is 8.50. The van der Waals surface area contributed by atoms with Gasteiger partial charge in [0.1, 0.15) is 0 Å². The number of sulfone groups is 1. The predicted molar refractivity (Wildman–Crippen MR) is 70.2 cm³/mol. The van der Waals surface area contributed by atoms with Crippen LogP contribution in [0.15, 0.2) is 18.2 Å². The molecule has 0 aromatic heterocycles. The summed E-state index contributed by atoms with van der Waals surface area (Å²) in [6.45, 7) is 3.98. The highest BCUT2D eigenvalue weighted by Crippen LogP contribution is 2.21. The number of halogens is 2. The molecule has 2 nitrogen and oxygen atoms in total. The lowest BCUT2D eigenvalue weighted by molar-refractivity contribution is 0.599. The van der Waals surface area contributed by atoms with E-state index >= 15 is 0 Å². The molecule has 0 spiro atoms. The Morgan fingerprint density at radius 2 is 1.80 bits per heavy atom. The molecule has 0 saturated heterocycles. The lowest BCUT2D eigenvalue weighted by Crippen LogP contribution is -2.11. The normalized spacial score (nSPS) is 12.1. The fraction of sp³-hybridized carbons (Fsp3) is 0.400. The van der Waals surface area contributed by atoms with Gasteiger partial charge in [0.2, 0.25) is 0 Å². The first-order chi connectivity index (χ1) is 6.83. The number of aryl methyl sites for hydroxylation is 2. The van der Waals surface area contributed by atoms with Gasteiger partial charge in [-0.3, -0.25) is 0 Å². The van der Waals surface area contributed by atoms with Crippen molar-refractivity contribution in [3.05, 3.63) is 34.9 Å². The van der Waals surface area contributed by atoms with Crippen molar-refractivity contribution in [2.45, 2.75) is 22.7 Å². The summed E-state index contributed by atoms with van der Waals surface area (Å²) in [5.41, 5.74) is 3.11. The average molecular weight is 356 g/mol. The molecule has 0 aliphatic rings. The molecule has 0 unspecified atom stereocenters. The van der Waals surface area contributed by atoms with Crippen molar-refractivity contribution in [2.75, 3.05) is 0 Å². The summed E-state index contributed by atoms with van der Waals surface area (Å²) in [5, 5.41) is 0. The molecule has 5 heteroatoms. The van der Waals surface area contributed by atoms with Gasteiger partial charge in [-0.05, 0) is 30.5 Å². The van der Waals surface area contributed by atoms with E-state index < -0.39 is 12.9 Å². The molecule has 1 aromatic carbocycles. The smallest absolute Gasteiger partial charge is 0.177 e. The van der Waals surface area contributed by atoms with E-state index in [1.807, 2.05) is 32.0 Å². The standard InChI is InChI=1S/C10H12Br2O2S/c1-7-3-4-9(5-8(7)2)6-15(13,14)10(11)12/h3-5,10H,6H2,1-2H3. The van der Waals surface area contributed by atoms with Crippen molar-refractivity contribution in [1.82, 2.24) is 0 Å². The van der Waals surface area contributed by atoms with Gasteiger partial charge in [0.25, 0.3) is 0 Å². The van der Waals surface area contributed by atoms with Gasteiger partial charge in [0.15, 0.2) is 12.9 Å². The average Bonchev–Trinajstić information content (AvgIpc) is 2.10. The highest BCUT2D eigenvalue weighted by Gasteiger charge is 2.19. The van der Waals surface area contributed by atoms with Gasteiger partial charge in [0, 0.05) is 0 Å². The van der Waals surface area contributed by atoms with E-state index in [2.05, 4.69) is 31.9 Å². The Bertz CT molecular complexity index is 452. The van der Waals surface area contributed by atoms with E-state index in [1.165, 1.54) is 5.56 Å². The minimum atomic E-state index is -3.15. The van der Waals surface area contributed by atoms with Gasteiger partial charge >= 0.3 is 0 Å². The Kier molecular flexibility index (Phi) is 4.38. The first kappa shape index (κ1) is 13.2. The van der Waals surface area contributed by atoms with E-state index in [-0.39, 0.29) is 5.75 Å². The number of hydrogen-bond acceptors (Lipinski definition) is 2. The zero-order chi connectivity index (χ0) is 11.6. The number of rotatable bonds is 3. The second-order valence-electron chi connectivity index (χ2n) is 3.49. The third-order valence-corrected chi connectivity index (χ3v) is 6.91. The van der Waals surface area contributed by atoms with Crippen LogP contribution in [-0.2, 0) is 15.6 Å². The van der Waals surface area contributed by atoms with Crippen LogP contribution in [0, 0.1) is 13.8 Å². The van der Waals surface area contributed by atoms with Crippen LogP contribution in [0.3, 0.4) is 0 Å². The molecule has 0 aliphatic carbocycles. The fourth-order valence-electron chi connectivity index (χ4n) is 1.19. The van der Waals surface area contributed by atoms with Gasteiger partial charge in [-0.15, -0.1) is 0 Å². The van der Waals surface area contributed by atoms with Crippen molar-refractivity contribution < 1.29 is 8.42 Å². The Labute approximate surface area is 107 Å². The van der Waals surface area contributed by atoms with E-state index in [0.29, 0.717) is 0 Å². The Hall–Kier alpha value is 0.130. The molecule has 84 valence electrons. The Morgan fingerprint density at radius 3 is 2.27 bits per heavy atom. The summed E-state index contributed by atoms with van der Waals surface area (Å²) in [7, 11) is -3.15. The molecular weight excluding hydrogens is 344 g/mol. The van der Waals surface area contributed by atoms with E-state index in [4.69, 9.17) is 0 Å². The molecule has 0 saturated carbocycles. The first-order valence-electron chi connectivity index (χ1n) is 4.39. The van der Waals surface area contributed by atoms with Crippen LogP contribution in [0.2, 0.25) is 0 Å². The molecule has 0 fully saturated rings. The third kappa shape index (κ3) is 3.57. The van der Waals surface area contributed by atoms with Crippen LogP contribution in [0.4, 0.5) is 0 Å². The quantitative estimate of drug-likeness (QED) is 0.779. The van der Waals surface area contributed by atoms with Crippen LogP contribution >= 0.6 is 31.9 Å². The van der Waals surface area contributed by atoms with Gasteiger partial charge in [0.05, 0.1) is 5.75 Å². The summed E-state index contributed by atoms with van der Waals surface area (Å²) < 4.78 is 22.5. The Balaban J connectivity index is 2.96. The van der Waals surface area contributed by atoms with Crippen LogP contribution in [-0.4, -0.2) is 11.5 Å². The van der Waals surface area contributed by atoms with Crippen LogP contribution < -0.4 is 0 Å². The van der Waals surface area contributed by atoms with E-state index in [9.17, 15) is 8.42 Å². The summed E-state index contributed by atoms with van der Waals surface area (Å²) >= 11 is 6.03. The number of benzene rings is 1. The Morgan fingerprint density at radius 1 is 1.20 bits per heavy atom. The maximum atomic E-state index is 11.6. The lowest BCUT2D eigenvalue weighted by atomic mass is 10.1. The van der Waals surface area contributed by atoms with Gasteiger partial charge < -0.3 is 0 Å². The molecule has 1 rings (SSSR count). The molecule has 0 aliphatic heterocycles. The molecule has 0 amide bonds.